The normalized spacial score (nSPS) is 12.6. The molecule has 1 aliphatic rings. The fourth-order valence-electron chi connectivity index (χ4n) is 4.04. The maximum absolute atomic E-state index is 13.0. The third-order valence-corrected chi connectivity index (χ3v) is 5.64. The number of hydrogen-bond acceptors (Lipinski definition) is 5. The van der Waals surface area contributed by atoms with E-state index in [1.54, 1.807) is 13.8 Å². The molecule has 0 spiro atoms. The largest absolute Gasteiger partial charge is 0.481 e. The molecule has 7 nitrogen and oxygen atoms in total. The molecule has 1 aliphatic carbocycles. The van der Waals surface area contributed by atoms with E-state index in [1.807, 2.05) is 36.4 Å². The van der Waals surface area contributed by atoms with Crippen molar-refractivity contribution in [3.8, 4) is 11.1 Å². The summed E-state index contributed by atoms with van der Waals surface area (Å²) in [5.74, 6) is -1.64. The summed E-state index contributed by atoms with van der Waals surface area (Å²) in [6.45, 7) is 3.42. The minimum absolute atomic E-state index is 0.0734. The van der Waals surface area contributed by atoms with E-state index >= 15 is 0 Å². The van der Waals surface area contributed by atoms with Crippen LogP contribution in [0.5, 0.6) is 0 Å². The average Bonchev–Trinajstić information content (AvgIpc) is 3.05. The highest BCUT2D eigenvalue weighted by molar-refractivity contribution is 5.79. The molecule has 7 heteroatoms. The summed E-state index contributed by atoms with van der Waals surface area (Å²) in [7, 11) is 1.27. The van der Waals surface area contributed by atoms with E-state index in [2.05, 4.69) is 12.1 Å². The van der Waals surface area contributed by atoms with Gasteiger partial charge in [-0.2, -0.15) is 0 Å². The van der Waals surface area contributed by atoms with Crippen LogP contribution in [-0.4, -0.2) is 53.8 Å². The van der Waals surface area contributed by atoms with Crippen LogP contribution in [0.25, 0.3) is 11.1 Å². The second-order valence-corrected chi connectivity index (χ2v) is 8.16. The Morgan fingerprint density at radius 1 is 1.00 bits per heavy atom. The molecule has 1 N–H and O–H groups in total. The molecule has 164 valence electrons. The second kappa shape index (κ2) is 9.20. The molecule has 1 amide bonds. The van der Waals surface area contributed by atoms with Crippen molar-refractivity contribution < 1.29 is 29.0 Å². The van der Waals surface area contributed by atoms with Crippen LogP contribution in [0.15, 0.2) is 48.5 Å². The first-order valence-electron chi connectivity index (χ1n) is 10.2. The SMILES string of the molecule is COC(=O)CC(C)(C)N(CCC(=O)O)C(=O)OCC1c2ccccc2-c2ccccc21. The summed E-state index contributed by atoms with van der Waals surface area (Å²) in [5.41, 5.74) is 3.44. The first kappa shape index (κ1) is 22.3. The van der Waals surface area contributed by atoms with Gasteiger partial charge < -0.3 is 19.5 Å². The fraction of sp³-hybridized carbons (Fsp3) is 0.375. The van der Waals surface area contributed by atoms with Gasteiger partial charge in [0.05, 0.1) is 25.5 Å². The van der Waals surface area contributed by atoms with Crippen LogP contribution < -0.4 is 0 Å². The van der Waals surface area contributed by atoms with E-state index in [9.17, 15) is 14.4 Å². The zero-order valence-corrected chi connectivity index (χ0v) is 18.0. The predicted octanol–water partition coefficient (Wildman–Crippen LogP) is 4.05. The first-order chi connectivity index (χ1) is 14.7. The molecular formula is C24H27NO6. The monoisotopic (exact) mass is 425 g/mol. The van der Waals surface area contributed by atoms with Crippen LogP contribution in [0.3, 0.4) is 0 Å². The standard InChI is InChI=1S/C24H27NO6/c1-24(2,14-22(28)30-3)25(13-12-21(26)27)23(29)31-15-20-18-10-6-4-8-16(18)17-9-5-7-11-19(17)20/h4-11,20H,12-15H2,1-3H3,(H,26,27). The van der Waals surface area contributed by atoms with Crippen LogP contribution in [0.1, 0.15) is 43.7 Å². The van der Waals surface area contributed by atoms with Gasteiger partial charge in [0, 0.05) is 12.5 Å². The highest BCUT2D eigenvalue weighted by Crippen LogP contribution is 2.44. The molecule has 2 aromatic rings. The molecule has 0 saturated heterocycles. The average molecular weight is 425 g/mol. The molecule has 0 bridgehead atoms. The Balaban J connectivity index is 1.79. The lowest BCUT2D eigenvalue weighted by Gasteiger charge is -2.37. The zero-order valence-electron chi connectivity index (χ0n) is 18.0. The molecule has 3 rings (SSSR count). The van der Waals surface area contributed by atoms with Gasteiger partial charge >= 0.3 is 18.0 Å². The summed E-state index contributed by atoms with van der Waals surface area (Å²) < 4.78 is 10.4. The summed E-state index contributed by atoms with van der Waals surface area (Å²) in [4.78, 5) is 37.2. The number of carboxylic acid groups (broad SMARTS) is 1. The van der Waals surface area contributed by atoms with Gasteiger partial charge in [-0.05, 0) is 36.1 Å². The molecular weight excluding hydrogens is 398 g/mol. The highest BCUT2D eigenvalue weighted by Gasteiger charge is 2.36. The number of nitrogens with zero attached hydrogens (tertiary/aromatic N) is 1. The van der Waals surface area contributed by atoms with Crippen LogP contribution in [0, 0.1) is 0 Å². The number of carboxylic acids is 1. The summed E-state index contributed by atoms with van der Waals surface area (Å²) >= 11 is 0. The quantitative estimate of drug-likeness (QED) is 0.642. The number of benzene rings is 2. The van der Waals surface area contributed by atoms with Crippen LogP contribution in [-0.2, 0) is 19.1 Å². The van der Waals surface area contributed by atoms with Gasteiger partial charge in [0.1, 0.15) is 6.61 Å². The second-order valence-electron chi connectivity index (χ2n) is 8.16. The maximum Gasteiger partial charge on any atom is 0.410 e. The molecule has 0 aliphatic heterocycles. The Labute approximate surface area is 181 Å². The van der Waals surface area contributed by atoms with E-state index in [-0.39, 0.29) is 31.9 Å². The minimum Gasteiger partial charge on any atom is -0.481 e. The lowest BCUT2D eigenvalue weighted by molar-refractivity contribution is -0.143. The number of carbonyl (C=O) groups is 3. The number of carbonyl (C=O) groups excluding carboxylic acids is 2. The predicted molar refractivity (Wildman–Crippen MR) is 115 cm³/mol. The van der Waals surface area contributed by atoms with Gasteiger partial charge in [-0.3, -0.25) is 9.59 Å². The van der Waals surface area contributed by atoms with Gasteiger partial charge in [0.15, 0.2) is 0 Å². The number of aliphatic carboxylic acids is 1. The van der Waals surface area contributed by atoms with Crippen molar-refractivity contribution >= 4 is 18.0 Å². The Kier molecular flexibility index (Phi) is 6.63. The maximum atomic E-state index is 13.0. The summed E-state index contributed by atoms with van der Waals surface area (Å²) in [6.07, 6.45) is -0.987. The molecule has 0 radical (unpaired) electrons. The van der Waals surface area contributed by atoms with Gasteiger partial charge in [0.25, 0.3) is 0 Å². The van der Waals surface area contributed by atoms with Crippen molar-refractivity contribution in [3.05, 3.63) is 59.7 Å². The molecule has 0 atom stereocenters. The number of hydrogen-bond donors (Lipinski definition) is 1. The lowest BCUT2D eigenvalue weighted by atomic mass is 9.97. The number of methoxy groups -OCH3 is 1. The molecule has 0 aromatic heterocycles. The van der Waals surface area contributed by atoms with Crippen molar-refractivity contribution in [1.29, 1.82) is 0 Å². The molecule has 2 aromatic carbocycles. The van der Waals surface area contributed by atoms with E-state index in [4.69, 9.17) is 14.6 Å². The fourth-order valence-corrected chi connectivity index (χ4v) is 4.04. The smallest absolute Gasteiger partial charge is 0.410 e. The molecule has 0 fully saturated rings. The Morgan fingerprint density at radius 2 is 1.55 bits per heavy atom. The van der Waals surface area contributed by atoms with Crippen molar-refractivity contribution in [3.63, 3.8) is 0 Å². The molecule has 31 heavy (non-hydrogen) atoms. The lowest BCUT2D eigenvalue weighted by Crippen LogP contribution is -2.50. The molecule has 0 saturated carbocycles. The van der Waals surface area contributed by atoms with E-state index in [1.165, 1.54) is 12.0 Å². The molecule has 0 unspecified atom stereocenters. The topological polar surface area (TPSA) is 93.1 Å². The van der Waals surface area contributed by atoms with E-state index in [0.717, 1.165) is 22.3 Å². The van der Waals surface area contributed by atoms with Crippen molar-refractivity contribution in [2.45, 2.75) is 38.1 Å². The van der Waals surface area contributed by atoms with Crippen LogP contribution in [0.4, 0.5) is 4.79 Å². The van der Waals surface area contributed by atoms with Gasteiger partial charge in [0.2, 0.25) is 0 Å². The minimum atomic E-state index is -1.04. The van der Waals surface area contributed by atoms with Gasteiger partial charge in [-0.15, -0.1) is 0 Å². The summed E-state index contributed by atoms with van der Waals surface area (Å²) in [6, 6.07) is 16.0. The number of esters is 1. The number of ether oxygens (including phenoxy) is 2. The Hall–Kier alpha value is -3.35. The van der Waals surface area contributed by atoms with E-state index < -0.39 is 23.6 Å². The van der Waals surface area contributed by atoms with Crippen molar-refractivity contribution in [2.24, 2.45) is 0 Å². The first-order valence-corrected chi connectivity index (χ1v) is 10.2. The highest BCUT2D eigenvalue weighted by atomic mass is 16.6. The van der Waals surface area contributed by atoms with Crippen molar-refractivity contribution in [1.82, 2.24) is 4.90 Å². The Bertz CT molecular complexity index is 938. The Morgan fingerprint density at radius 3 is 2.06 bits per heavy atom. The third-order valence-electron chi connectivity index (χ3n) is 5.64. The number of amides is 1. The van der Waals surface area contributed by atoms with Gasteiger partial charge in [-0.1, -0.05) is 48.5 Å². The number of rotatable bonds is 8. The number of fused-ring (bicyclic) bond motifs is 3. The van der Waals surface area contributed by atoms with E-state index in [0.29, 0.717) is 0 Å². The van der Waals surface area contributed by atoms with Crippen LogP contribution >= 0.6 is 0 Å². The van der Waals surface area contributed by atoms with Gasteiger partial charge in [-0.25, -0.2) is 4.79 Å². The third kappa shape index (κ3) is 4.87. The molecule has 0 heterocycles. The zero-order chi connectivity index (χ0) is 22.6. The van der Waals surface area contributed by atoms with Crippen LogP contribution in [0.2, 0.25) is 0 Å². The summed E-state index contributed by atoms with van der Waals surface area (Å²) in [5, 5.41) is 9.09. The van der Waals surface area contributed by atoms with Crippen molar-refractivity contribution in [2.75, 3.05) is 20.3 Å².